The van der Waals surface area contributed by atoms with E-state index >= 15 is 0 Å². The predicted octanol–water partition coefficient (Wildman–Crippen LogP) is 3.49. The molecule has 6 nitrogen and oxygen atoms in total. The molecule has 2 aliphatic rings. The molecular formula is C23H26N2O4. The molecule has 2 aliphatic heterocycles. The number of anilines is 1. The van der Waals surface area contributed by atoms with Gasteiger partial charge in [0.25, 0.3) is 5.91 Å². The van der Waals surface area contributed by atoms with Crippen molar-refractivity contribution in [2.24, 2.45) is 5.92 Å². The highest BCUT2D eigenvalue weighted by Gasteiger charge is 2.25. The van der Waals surface area contributed by atoms with E-state index in [2.05, 4.69) is 19.2 Å². The number of fused-ring (bicyclic) bond motifs is 2. The third kappa shape index (κ3) is 3.79. The molecule has 6 heteroatoms. The van der Waals surface area contributed by atoms with Crippen molar-refractivity contribution in [2.75, 3.05) is 24.7 Å². The van der Waals surface area contributed by atoms with Gasteiger partial charge in [0, 0.05) is 24.7 Å². The first-order valence-corrected chi connectivity index (χ1v) is 10.1. The standard InChI is InChI=1S/C23H26N2O4/c1-14(2)22(17-5-7-20-21(13-17)29-11-10-28-20)24-23(27)18-4-6-19-16(12-18)8-9-25(19)15(3)26/h4-7,12-14,22H,8-11H2,1-3H3,(H,24,27). The van der Waals surface area contributed by atoms with E-state index in [1.807, 2.05) is 30.3 Å². The molecule has 0 radical (unpaired) electrons. The Morgan fingerprint density at radius 1 is 1.03 bits per heavy atom. The zero-order chi connectivity index (χ0) is 20.5. The number of nitrogens with zero attached hydrogens (tertiary/aromatic N) is 1. The second-order valence-electron chi connectivity index (χ2n) is 7.86. The fourth-order valence-corrected chi connectivity index (χ4v) is 3.98. The lowest BCUT2D eigenvalue weighted by Gasteiger charge is -2.25. The number of benzene rings is 2. The van der Waals surface area contributed by atoms with Crippen LogP contribution in [0.1, 0.15) is 48.3 Å². The first-order chi connectivity index (χ1) is 13.9. The van der Waals surface area contributed by atoms with Crippen molar-refractivity contribution in [1.82, 2.24) is 5.32 Å². The van der Waals surface area contributed by atoms with Gasteiger partial charge in [-0.2, -0.15) is 0 Å². The molecule has 1 unspecified atom stereocenters. The van der Waals surface area contributed by atoms with Gasteiger partial charge in [0.15, 0.2) is 11.5 Å². The van der Waals surface area contributed by atoms with E-state index in [1.54, 1.807) is 17.9 Å². The van der Waals surface area contributed by atoms with Gasteiger partial charge in [0.2, 0.25) is 5.91 Å². The summed E-state index contributed by atoms with van der Waals surface area (Å²) >= 11 is 0. The lowest BCUT2D eigenvalue weighted by Crippen LogP contribution is -2.32. The molecule has 4 rings (SSSR count). The molecule has 2 amide bonds. The summed E-state index contributed by atoms with van der Waals surface area (Å²) in [5, 5.41) is 3.17. The van der Waals surface area contributed by atoms with Crippen molar-refractivity contribution in [1.29, 1.82) is 0 Å². The number of carbonyl (C=O) groups is 2. The first-order valence-electron chi connectivity index (χ1n) is 10.1. The van der Waals surface area contributed by atoms with Crippen LogP contribution in [0.2, 0.25) is 0 Å². The van der Waals surface area contributed by atoms with Gasteiger partial charge in [0.05, 0.1) is 6.04 Å². The van der Waals surface area contributed by atoms with Crippen LogP contribution in [0, 0.1) is 5.92 Å². The summed E-state index contributed by atoms with van der Waals surface area (Å²) in [7, 11) is 0. The average Bonchev–Trinajstić information content (AvgIpc) is 3.14. The van der Waals surface area contributed by atoms with E-state index < -0.39 is 0 Å². The molecule has 0 saturated carbocycles. The summed E-state index contributed by atoms with van der Waals surface area (Å²) in [5.41, 5.74) is 3.54. The van der Waals surface area contributed by atoms with Crippen molar-refractivity contribution >= 4 is 17.5 Å². The highest BCUT2D eigenvalue weighted by molar-refractivity contribution is 5.98. The lowest BCUT2D eigenvalue weighted by atomic mass is 9.95. The zero-order valence-electron chi connectivity index (χ0n) is 17.0. The Balaban J connectivity index is 1.55. The van der Waals surface area contributed by atoms with Crippen LogP contribution in [0.3, 0.4) is 0 Å². The van der Waals surface area contributed by atoms with Gasteiger partial charge in [-0.15, -0.1) is 0 Å². The summed E-state index contributed by atoms with van der Waals surface area (Å²) in [4.78, 5) is 26.5. The summed E-state index contributed by atoms with van der Waals surface area (Å²) in [6, 6.07) is 11.2. The molecule has 29 heavy (non-hydrogen) atoms. The van der Waals surface area contributed by atoms with Crippen LogP contribution >= 0.6 is 0 Å². The molecule has 2 aromatic carbocycles. The second-order valence-corrected chi connectivity index (χ2v) is 7.86. The van der Waals surface area contributed by atoms with Gasteiger partial charge >= 0.3 is 0 Å². The van der Waals surface area contributed by atoms with Crippen molar-refractivity contribution in [3.05, 3.63) is 53.1 Å². The smallest absolute Gasteiger partial charge is 0.251 e. The summed E-state index contributed by atoms with van der Waals surface area (Å²) in [6.45, 7) is 7.47. The Morgan fingerprint density at radius 2 is 1.79 bits per heavy atom. The molecule has 0 aromatic heterocycles. The van der Waals surface area contributed by atoms with Gasteiger partial charge in [-0.05, 0) is 53.8 Å². The Hall–Kier alpha value is -3.02. The summed E-state index contributed by atoms with van der Waals surface area (Å²) in [6.07, 6.45) is 0.770. The normalized spacial score (nSPS) is 15.8. The highest BCUT2D eigenvalue weighted by atomic mass is 16.6. The Morgan fingerprint density at radius 3 is 2.52 bits per heavy atom. The number of amides is 2. The van der Waals surface area contributed by atoms with Crippen molar-refractivity contribution < 1.29 is 19.1 Å². The zero-order valence-corrected chi connectivity index (χ0v) is 17.0. The van der Waals surface area contributed by atoms with Gasteiger partial charge < -0.3 is 19.7 Å². The lowest BCUT2D eigenvalue weighted by molar-refractivity contribution is -0.116. The molecule has 0 saturated heterocycles. The molecule has 0 aliphatic carbocycles. The minimum Gasteiger partial charge on any atom is -0.486 e. The molecular weight excluding hydrogens is 368 g/mol. The SMILES string of the molecule is CC(=O)N1CCc2cc(C(=O)NC(c3ccc4c(c3)OCCO4)C(C)C)ccc21. The Labute approximate surface area is 170 Å². The van der Waals surface area contributed by atoms with Crippen LogP contribution in [-0.2, 0) is 11.2 Å². The van der Waals surface area contributed by atoms with Crippen molar-refractivity contribution in [3.63, 3.8) is 0 Å². The van der Waals surface area contributed by atoms with Gasteiger partial charge in [0.1, 0.15) is 13.2 Å². The first kappa shape index (κ1) is 19.3. The Kier molecular flexibility index (Phi) is 5.18. The van der Waals surface area contributed by atoms with Crippen LogP contribution in [0.4, 0.5) is 5.69 Å². The number of rotatable bonds is 4. The maximum atomic E-state index is 13.0. The van der Waals surface area contributed by atoms with Gasteiger partial charge in [-0.3, -0.25) is 9.59 Å². The topological polar surface area (TPSA) is 67.9 Å². The van der Waals surface area contributed by atoms with E-state index in [9.17, 15) is 9.59 Å². The van der Waals surface area contributed by atoms with E-state index in [-0.39, 0.29) is 23.8 Å². The van der Waals surface area contributed by atoms with Crippen LogP contribution in [0.25, 0.3) is 0 Å². The molecule has 0 spiro atoms. The van der Waals surface area contributed by atoms with Gasteiger partial charge in [-0.1, -0.05) is 19.9 Å². The molecule has 1 N–H and O–H groups in total. The fourth-order valence-electron chi connectivity index (χ4n) is 3.98. The van der Waals surface area contributed by atoms with Crippen LogP contribution in [0.15, 0.2) is 36.4 Å². The number of hydrogen-bond acceptors (Lipinski definition) is 4. The van der Waals surface area contributed by atoms with Gasteiger partial charge in [-0.25, -0.2) is 0 Å². The molecule has 2 aromatic rings. The molecule has 0 bridgehead atoms. The van der Waals surface area contributed by atoms with Crippen LogP contribution in [-0.4, -0.2) is 31.6 Å². The monoisotopic (exact) mass is 394 g/mol. The molecule has 2 heterocycles. The van der Waals surface area contributed by atoms with E-state index in [1.165, 1.54) is 0 Å². The number of nitrogens with one attached hydrogen (secondary N) is 1. The largest absolute Gasteiger partial charge is 0.486 e. The van der Waals surface area contributed by atoms with E-state index in [0.717, 1.165) is 34.7 Å². The summed E-state index contributed by atoms with van der Waals surface area (Å²) in [5.74, 6) is 1.56. The molecule has 152 valence electrons. The predicted molar refractivity (Wildman–Crippen MR) is 111 cm³/mol. The molecule has 1 atom stereocenters. The van der Waals surface area contributed by atoms with Crippen LogP contribution < -0.4 is 19.7 Å². The Bertz CT molecular complexity index is 954. The highest BCUT2D eigenvalue weighted by Crippen LogP contribution is 2.35. The quantitative estimate of drug-likeness (QED) is 0.862. The van der Waals surface area contributed by atoms with Crippen molar-refractivity contribution in [2.45, 2.75) is 33.2 Å². The summed E-state index contributed by atoms with van der Waals surface area (Å²) < 4.78 is 11.3. The average molecular weight is 394 g/mol. The van der Waals surface area contributed by atoms with E-state index in [0.29, 0.717) is 25.3 Å². The van der Waals surface area contributed by atoms with Crippen molar-refractivity contribution in [3.8, 4) is 11.5 Å². The van der Waals surface area contributed by atoms with E-state index in [4.69, 9.17) is 9.47 Å². The third-order valence-corrected chi connectivity index (χ3v) is 5.50. The van der Waals surface area contributed by atoms with Crippen LogP contribution in [0.5, 0.6) is 11.5 Å². The minimum atomic E-state index is -0.153. The fraction of sp³-hybridized carbons (Fsp3) is 0.391. The number of hydrogen-bond donors (Lipinski definition) is 1. The second kappa shape index (κ2) is 7.78. The molecule has 0 fully saturated rings. The minimum absolute atomic E-state index is 0.0273. The third-order valence-electron chi connectivity index (χ3n) is 5.50. The number of ether oxygens (including phenoxy) is 2. The maximum Gasteiger partial charge on any atom is 0.251 e. The maximum absolute atomic E-state index is 13.0. The number of carbonyl (C=O) groups excluding carboxylic acids is 2.